The molecule has 1 fully saturated rings. The Bertz CT molecular complexity index is 377. The molecule has 2 nitrogen and oxygen atoms in total. The van der Waals surface area contributed by atoms with Crippen LogP contribution in [0.25, 0.3) is 0 Å². The quantitative estimate of drug-likeness (QED) is 0.775. The van der Waals surface area contributed by atoms with E-state index in [1.807, 2.05) is 6.07 Å². The number of hydrogen-bond acceptors (Lipinski definition) is 3. The number of thiophene rings is 1. The number of piperidine rings is 1. The lowest BCUT2D eigenvalue weighted by molar-refractivity contribution is 0.0897. The molecule has 4 heteroatoms. The Morgan fingerprint density at radius 2 is 2.44 bits per heavy atom. The van der Waals surface area contributed by atoms with Gasteiger partial charge in [0.05, 0.1) is 15.8 Å². The number of Topliss-reactive ketones (excluding diaryl/α,β-unsaturated/α-hetero) is 1. The van der Waals surface area contributed by atoms with E-state index in [4.69, 9.17) is 11.6 Å². The van der Waals surface area contributed by atoms with E-state index in [9.17, 15) is 4.79 Å². The van der Waals surface area contributed by atoms with E-state index in [0.717, 1.165) is 18.0 Å². The van der Waals surface area contributed by atoms with Crippen LogP contribution >= 0.6 is 22.9 Å². The van der Waals surface area contributed by atoms with Gasteiger partial charge in [0.1, 0.15) is 0 Å². The van der Waals surface area contributed by atoms with Gasteiger partial charge in [0.25, 0.3) is 0 Å². The molecular weight excluding hydrogens is 242 g/mol. The van der Waals surface area contributed by atoms with Crippen molar-refractivity contribution in [3.8, 4) is 0 Å². The molecule has 2 rings (SSSR count). The third-order valence-electron chi connectivity index (χ3n) is 2.96. The van der Waals surface area contributed by atoms with Gasteiger partial charge in [0, 0.05) is 6.54 Å². The molecule has 0 amide bonds. The lowest BCUT2D eigenvalue weighted by atomic mass is 10.0. The minimum atomic E-state index is 0.200. The first-order valence-electron chi connectivity index (χ1n) is 5.66. The largest absolute Gasteiger partial charge is 0.296 e. The van der Waals surface area contributed by atoms with Gasteiger partial charge in [-0.25, -0.2) is 0 Å². The van der Waals surface area contributed by atoms with Crippen molar-refractivity contribution in [1.29, 1.82) is 0 Å². The van der Waals surface area contributed by atoms with Crippen LogP contribution < -0.4 is 0 Å². The van der Waals surface area contributed by atoms with Crippen molar-refractivity contribution in [2.75, 3.05) is 19.6 Å². The Hall–Kier alpha value is -0.380. The Morgan fingerprint density at radius 1 is 1.62 bits per heavy atom. The first-order chi connectivity index (χ1) is 7.65. The summed E-state index contributed by atoms with van der Waals surface area (Å²) in [4.78, 5) is 15.0. The molecule has 0 spiro atoms. The fraction of sp³-hybridized carbons (Fsp3) is 0.583. The number of rotatable bonds is 3. The van der Waals surface area contributed by atoms with Crippen LogP contribution in [0.4, 0.5) is 0 Å². The molecule has 0 saturated carbocycles. The maximum Gasteiger partial charge on any atom is 0.186 e. The van der Waals surface area contributed by atoms with E-state index in [1.165, 1.54) is 24.2 Å². The Morgan fingerprint density at radius 3 is 3.06 bits per heavy atom. The van der Waals surface area contributed by atoms with Crippen LogP contribution in [-0.2, 0) is 0 Å². The number of ketones is 1. The highest BCUT2D eigenvalue weighted by Crippen LogP contribution is 2.23. The van der Waals surface area contributed by atoms with Crippen molar-refractivity contribution < 1.29 is 4.79 Å². The molecule has 0 N–H and O–H groups in total. The number of hydrogen-bond donors (Lipinski definition) is 0. The van der Waals surface area contributed by atoms with Gasteiger partial charge in [0.2, 0.25) is 0 Å². The van der Waals surface area contributed by atoms with E-state index in [2.05, 4.69) is 11.8 Å². The van der Waals surface area contributed by atoms with E-state index in [-0.39, 0.29) is 5.78 Å². The topological polar surface area (TPSA) is 20.3 Å². The van der Waals surface area contributed by atoms with Gasteiger partial charge in [-0.05, 0) is 37.4 Å². The third-order valence-corrected chi connectivity index (χ3v) is 4.23. The van der Waals surface area contributed by atoms with Gasteiger partial charge < -0.3 is 0 Å². The minimum Gasteiger partial charge on any atom is -0.296 e. The number of nitrogens with zero attached hydrogens (tertiary/aromatic N) is 1. The second-order valence-corrected chi connectivity index (χ2v) is 6.22. The van der Waals surface area contributed by atoms with E-state index in [0.29, 0.717) is 16.8 Å². The highest BCUT2D eigenvalue weighted by molar-refractivity contribution is 7.18. The summed E-state index contributed by atoms with van der Waals surface area (Å²) < 4.78 is 0.690. The van der Waals surface area contributed by atoms with E-state index >= 15 is 0 Å². The zero-order valence-electron chi connectivity index (χ0n) is 9.41. The standard InChI is InChI=1S/C12H16ClNOS/c1-9-3-2-6-14(7-9)8-10(15)11-4-5-12(13)16-11/h4-5,9H,2-3,6-8H2,1H3/t9-/m1/s1. The Balaban J connectivity index is 1.92. The average molecular weight is 258 g/mol. The van der Waals surface area contributed by atoms with Crippen LogP contribution in [-0.4, -0.2) is 30.3 Å². The molecule has 1 aromatic heterocycles. The number of carbonyl (C=O) groups is 1. The lowest BCUT2D eigenvalue weighted by Crippen LogP contribution is -2.37. The molecule has 88 valence electrons. The zero-order chi connectivity index (χ0) is 11.5. The fourth-order valence-corrected chi connectivity index (χ4v) is 3.15. The molecule has 1 aliphatic rings. The maximum atomic E-state index is 11.9. The number of halogens is 1. The SMILES string of the molecule is C[C@@H]1CCCN(CC(=O)c2ccc(Cl)s2)C1. The summed E-state index contributed by atoms with van der Waals surface area (Å²) >= 11 is 7.20. The summed E-state index contributed by atoms with van der Waals surface area (Å²) in [5.41, 5.74) is 0. The van der Waals surface area contributed by atoms with Crippen LogP contribution in [0.15, 0.2) is 12.1 Å². The molecule has 1 aliphatic heterocycles. The van der Waals surface area contributed by atoms with Gasteiger partial charge in [-0.3, -0.25) is 9.69 Å². The fourth-order valence-electron chi connectivity index (χ4n) is 2.18. The Labute approximate surface area is 105 Å². The minimum absolute atomic E-state index is 0.200. The summed E-state index contributed by atoms with van der Waals surface area (Å²) in [6.45, 7) is 4.89. The predicted octanol–water partition coefficient (Wildman–Crippen LogP) is 3.32. The van der Waals surface area contributed by atoms with Crippen LogP contribution in [0.2, 0.25) is 4.34 Å². The van der Waals surface area contributed by atoms with Gasteiger partial charge in [-0.2, -0.15) is 0 Å². The van der Waals surface area contributed by atoms with Crippen LogP contribution in [0.1, 0.15) is 29.4 Å². The maximum absolute atomic E-state index is 11.9. The molecule has 2 heterocycles. The highest BCUT2D eigenvalue weighted by Gasteiger charge is 2.19. The van der Waals surface area contributed by atoms with Crippen LogP contribution in [0, 0.1) is 5.92 Å². The van der Waals surface area contributed by atoms with E-state index in [1.54, 1.807) is 6.07 Å². The molecule has 0 aliphatic carbocycles. The molecule has 0 radical (unpaired) electrons. The smallest absolute Gasteiger partial charge is 0.186 e. The van der Waals surface area contributed by atoms with Crippen molar-refractivity contribution in [3.63, 3.8) is 0 Å². The highest BCUT2D eigenvalue weighted by atomic mass is 35.5. The number of likely N-dealkylation sites (tertiary alicyclic amines) is 1. The predicted molar refractivity (Wildman–Crippen MR) is 68.5 cm³/mol. The van der Waals surface area contributed by atoms with E-state index < -0.39 is 0 Å². The number of carbonyl (C=O) groups excluding carboxylic acids is 1. The second-order valence-electron chi connectivity index (χ2n) is 4.51. The molecule has 0 aromatic carbocycles. The van der Waals surface area contributed by atoms with Crippen molar-refractivity contribution >= 4 is 28.7 Å². The van der Waals surface area contributed by atoms with Gasteiger partial charge >= 0.3 is 0 Å². The van der Waals surface area contributed by atoms with Crippen molar-refractivity contribution in [2.24, 2.45) is 5.92 Å². The first kappa shape index (κ1) is 12.1. The van der Waals surface area contributed by atoms with Gasteiger partial charge in [0.15, 0.2) is 5.78 Å². The summed E-state index contributed by atoms with van der Waals surface area (Å²) in [5, 5.41) is 0. The molecule has 0 bridgehead atoms. The molecule has 0 unspecified atom stereocenters. The monoisotopic (exact) mass is 257 g/mol. The molecule has 1 saturated heterocycles. The van der Waals surface area contributed by atoms with Crippen LogP contribution in [0.5, 0.6) is 0 Å². The molecular formula is C12H16ClNOS. The molecule has 16 heavy (non-hydrogen) atoms. The van der Waals surface area contributed by atoms with Gasteiger partial charge in [-0.1, -0.05) is 18.5 Å². The molecule has 1 atom stereocenters. The normalized spacial score (nSPS) is 22.2. The zero-order valence-corrected chi connectivity index (χ0v) is 11.0. The summed E-state index contributed by atoms with van der Waals surface area (Å²) in [7, 11) is 0. The average Bonchev–Trinajstić information content (AvgIpc) is 2.65. The first-order valence-corrected chi connectivity index (χ1v) is 6.85. The van der Waals surface area contributed by atoms with Crippen LogP contribution in [0.3, 0.4) is 0 Å². The van der Waals surface area contributed by atoms with Crippen molar-refractivity contribution in [3.05, 3.63) is 21.3 Å². The molecule has 1 aromatic rings. The third kappa shape index (κ3) is 3.06. The lowest BCUT2D eigenvalue weighted by Gasteiger charge is -2.29. The Kier molecular flexibility index (Phi) is 4.00. The summed E-state index contributed by atoms with van der Waals surface area (Å²) in [6, 6.07) is 3.61. The summed E-state index contributed by atoms with van der Waals surface area (Å²) in [5.74, 6) is 0.916. The van der Waals surface area contributed by atoms with Gasteiger partial charge in [-0.15, -0.1) is 11.3 Å². The summed E-state index contributed by atoms with van der Waals surface area (Å²) in [6.07, 6.45) is 2.50. The van der Waals surface area contributed by atoms with Crippen molar-refractivity contribution in [1.82, 2.24) is 4.90 Å². The van der Waals surface area contributed by atoms with Crippen molar-refractivity contribution in [2.45, 2.75) is 19.8 Å². The second kappa shape index (κ2) is 5.30.